The molecule has 1 aromatic carbocycles. The molecule has 2 rings (SSSR count). The zero-order valence-electron chi connectivity index (χ0n) is 17.0. The van der Waals surface area contributed by atoms with Crippen LogP contribution in [0.1, 0.15) is 52.9 Å². The minimum atomic E-state index is -0.459. The molecule has 7 heteroatoms. The van der Waals surface area contributed by atoms with E-state index in [4.69, 9.17) is 9.47 Å². The van der Waals surface area contributed by atoms with Crippen molar-refractivity contribution in [2.75, 3.05) is 7.11 Å². The molecule has 2 aromatic rings. The number of benzene rings is 1. The highest BCUT2D eigenvalue weighted by Crippen LogP contribution is 2.36. The molecule has 0 aliphatic carbocycles. The summed E-state index contributed by atoms with van der Waals surface area (Å²) < 4.78 is 12.9. The predicted molar refractivity (Wildman–Crippen MR) is 110 cm³/mol. The molecule has 0 N–H and O–H groups in total. The molecule has 0 unspecified atom stereocenters. The molecule has 0 bridgehead atoms. The number of hydrogen-bond acceptors (Lipinski definition) is 5. The number of aromatic nitrogens is 1. The number of non-ortho nitro benzene ring substituents is 1. The first-order chi connectivity index (χ1) is 13.5. The lowest BCUT2D eigenvalue weighted by molar-refractivity contribution is -0.384. The van der Waals surface area contributed by atoms with Crippen LogP contribution in [-0.2, 0) is 6.54 Å². The fourth-order valence-electron chi connectivity index (χ4n) is 3.17. The lowest BCUT2D eigenvalue weighted by atomic mass is 10.1. The minimum Gasteiger partial charge on any atom is -0.488 e. The zero-order valence-corrected chi connectivity index (χ0v) is 17.0. The number of allylic oxidation sites excluding steroid dienone is 2. The molecule has 0 amide bonds. The van der Waals surface area contributed by atoms with Gasteiger partial charge < -0.3 is 14.0 Å². The second-order valence-corrected chi connectivity index (χ2v) is 6.55. The van der Waals surface area contributed by atoms with Gasteiger partial charge in [-0.05, 0) is 25.5 Å². The van der Waals surface area contributed by atoms with Crippen LogP contribution < -0.4 is 15.0 Å². The molecule has 0 radical (unpaired) electrons. The highest BCUT2D eigenvalue weighted by molar-refractivity contribution is 5.89. The highest BCUT2D eigenvalue weighted by Gasteiger charge is 2.21. The third-order valence-corrected chi connectivity index (χ3v) is 4.72. The van der Waals surface area contributed by atoms with Crippen molar-refractivity contribution in [3.63, 3.8) is 0 Å². The summed E-state index contributed by atoms with van der Waals surface area (Å²) in [6.45, 7) is 6.39. The minimum absolute atomic E-state index is 0.0629. The van der Waals surface area contributed by atoms with Crippen molar-refractivity contribution in [3.05, 3.63) is 50.5 Å². The SMILES string of the molecule is CC=C(CC)Oc1c(OC)c(=O)n(CCCCCC)c2cc([N+](=O)[O-])ccc12. The quantitative estimate of drug-likeness (QED) is 0.242. The number of rotatable bonds is 10. The molecule has 0 saturated carbocycles. The molecule has 152 valence electrons. The van der Waals surface area contributed by atoms with Crippen molar-refractivity contribution in [3.8, 4) is 11.5 Å². The topological polar surface area (TPSA) is 83.6 Å². The number of unbranched alkanes of at least 4 members (excludes halogenated alkanes) is 3. The molecule has 0 aliphatic heterocycles. The first-order valence-electron chi connectivity index (χ1n) is 9.70. The van der Waals surface area contributed by atoms with Crippen LogP contribution in [0.25, 0.3) is 10.9 Å². The van der Waals surface area contributed by atoms with Gasteiger partial charge in [0, 0.05) is 30.5 Å². The fraction of sp³-hybridized carbons (Fsp3) is 0.476. The van der Waals surface area contributed by atoms with Crippen LogP contribution in [0.15, 0.2) is 34.8 Å². The number of methoxy groups -OCH3 is 1. The number of nitro benzene ring substituents is 1. The molecular weight excluding hydrogens is 360 g/mol. The van der Waals surface area contributed by atoms with Crippen LogP contribution in [-0.4, -0.2) is 16.6 Å². The summed E-state index contributed by atoms with van der Waals surface area (Å²) in [5.41, 5.74) is 0.0821. The Morgan fingerprint density at radius 2 is 1.96 bits per heavy atom. The highest BCUT2D eigenvalue weighted by atomic mass is 16.6. The summed E-state index contributed by atoms with van der Waals surface area (Å²) in [7, 11) is 1.43. The lowest BCUT2D eigenvalue weighted by Crippen LogP contribution is -2.23. The average molecular weight is 388 g/mol. The van der Waals surface area contributed by atoms with Gasteiger partial charge in [-0.1, -0.05) is 33.1 Å². The molecular formula is C21H28N2O5. The van der Waals surface area contributed by atoms with E-state index in [1.54, 1.807) is 10.6 Å². The Morgan fingerprint density at radius 3 is 2.54 bits per heavy atom. The van der Waals surface area contributed by atoms with Crippen molar-refractivity contribution in [2.24, 2.45) is 0 Å². The predicted octanol–water partition coefficient (Wildman–Crippen LogP) is 5.19. The van der Waals surface area contributed by atoms with E-state index in [1.807, 2.05) is 19.9 Å². The standard InChI is InChI=1S/C21H28N2O5/c1-5-8-9-10-13-22-18-14-15(23(25)26)11-12-17(18)19(20(27-4)21(22)24)28-16(6-2)7-3/h6,11-12,14H,5,7-10,13H2,1-4H3. The van der Waals surface area contributed by atoms with Gasteiger partial charge in [-0.25, -0.2) is 0 Å². The molecule has 0 saturated heterocycles. The Labute approximate surface area is 164 Å². The Morgan fingerprint density at radius 1 is 1.21 bits per heavy atom. The normalized spacial score (nSPS) is 11.6. The first-order valence-corrected chi connectivity index (χ1v) is 9.70. The van der Waals surface area contributed by atoms with Gasteiger partial charge in [0.15, 0.2) is 5.75 Å². The van der Waals surface area contributed by atoms with E-state index in [1.165, 1.54) is 19.2 Å². The van der Waals surface area contributed by atoms with Gasteiger partial charge >= 0.3 is 0 Å². The maximum Gasteiger partial charge on any atom is 0.297 e. The summed E-state index contributed by atoms with van der Waals surface area (Å²) in [6.07, 6.45) is 6.43. The third-order valence-electron chi connectivity index (χ3n) is 4.72. The smallest absolute Gasteiger partial charge is 0.297 e. The summed E-state index contributed by atoms with van der Waals surface area (Å²) >= 11 is 0. The lowest BCUT2D eigenvalue weighted by Gasteiger charge is -2.18. The second kappa shape index (κ2) is 9.92. The van der Waals surface area contributed by atoms with Crippen molar-refractivity contribution in [1.29, 1.82) is 0 Å². The average Bonchev–Trinajstić information content (AvgIpc) is 2.70. The Kier molecular flexibility index (Phi) is 7.61. The molecule has 0 fully saturated rings. The maximum absolute atomic E-state index is 13.1. The van der Waals surface area contributed by atoms with Crippen LogP contribution in [0.3, 0.4) is 0 Å². The molecule has 0 aliphatic rings. The second-order valence-electron chi connectivity index (χ2n) is 6.55. The van der Waals surface area contributed by atoms with Gasteiger partial charge in [-0.3, -0.25) is 14.9 Å². The number of nitrogens with zero attached hydrogens (tertiary/aromatic N) is 2. The van der Waals surface area contributed by atoms with E-state index in [-0.39, 0.29) is 17.0 Å². The molecule has 7 nitrogen and oxygen atoms in total. The van der Waals surface area contributed by atoms with E-state index < -0.39 is 4.92 Å². The van der Waals surface area contributed by atoms with Gasteiger partial charge in [0.25, 0.3) is 11.2 Å². The fourth-order valence-corrected chi connectivity index (χ4v) is 3.17. The Bertz CT molecular complexity index is 931. The van der Waals surface area contributed by atoms with E-state index in [0.29, 0.717) is 35.4 Å². The number of nitro groups is 1. The Hall–Kier alpha value is -2.83. The number of hydrogen-bond donors (Lipinski definition) is 0. The van der Waals surface area contributed by atoms with Crippen LogP contribution in [0.4, 0.5) is 5.69 Å². The summed E-state index contributed by atoms with van der Waals surface area (Å²) in [5.74, 6) is 1.11. The number of pyridine rings is 1. The largest absolute Gasteiger partial charge is 0.488 e. The molecule has 0 atom stereocenters. The van der Waals surface area contributed by atoms with Crippen LogP contribution >= 0.6 is 0 Å². The third kappa shape index (κ3) is 4.52. The Balaban J connectivity index is 2.72. The first kappa shape index (κ1) is 21.5. The number of aryl methyl sites for hydroxylation is 1. The summed E-state index contributed by atoms with van der Waals surface area (Å²) in [4.78, 5) is 23.9. The maximum atomic E-state index is 13.1. The number of fused-ring (bicyclic) bond motifs is 1. The van der Waals surface area contributed by atoms with Crippen molar-refractivity contribution < 1.29 is 14.4 Å². The summed E-state index contributed by atoms with van der Waals surface area (Å²) in [6, 6.07) is 4.47. The van der Waals surface area contributed by atoms with E-state index in [2.05, 4.69) is 6.92 Å². The van der Waals surface area contributed by atoms with Crippen molar-refractivity contribution in [2.45, 2.75) is 59.4 Å². The van der Waals surface area contributed by atoms with E-state index in [9.17, 15) is 14.9 Å². The zero-order chi connectivity index (χ0) is 20.7. The molecule has 1 heterocycles. The van der Waals surface area contributed by atoms with Crippen molar-refractivity contribution in [1.82, 2.24) is 4.57 Å². The van der Waals surface area contributed by atoms with Gasteiger partial charge in [0.1, 0.15) is 0 Å². The summed E-state index contributed by atoms with van der Waals surface area (Å²) in [5, 5.41) is 11.9. The van der Waals surface area contributed by atoms with E-state index >= 15 is 0 Å². The van der Waals surface area contributed by atoms with Crippen molar-refractivity contribution >= 4 is 16.6 Å². The van der Waals surface area contributed by atoms with Gasteiger partial charge in [-0.15, -0.1) is 0 Å². The van der Waals surface area contributed by atoms with Crippen LogP contribution in [0, 0.1) is 10.1 Å². The van der Waals surface area contributed by atoms with Crippen LogP contribution in [0.5, 0.6) is 11.5 Å². The van der Waals surface area contributed by atoms with Gasteiger partial charge in [-0.2, -0.15) is 0 Å². The molecule has 28 heavy (non-hydrogen) atoms. The van der Waals surface area contributed by atoms with E-state index in [0.717, 1.165) is 25.7 Å². The molecule has 0 spiro atoms. The monoisotopic (exact) mass is 388 g/mol. The van der Waals surface area contributed by atoms with Gasteiger partial charge in [0.05, 0.1) is 23.3 Å². The molecule has 1 aromatic heterocycles. The number of ether oxygens (including phenoxy) is 2. The van der Waals surface area contributed by atoms with Crippen LogP contribution in [0.2, 0.25) is 0 Å². The van der Waals surface area contributed by atoms with Gasteiger partial charge in [0.2, 0.25) is 5.75 Å².